The molecule has 0 heterocycles. The molecule has 0 radical (unpaired) electrons. The van der Waals surface area contributed by atoms with E-state index in [1.165, 1.54) is 18.2 Å². The number of hydrogen-bond acceptors (Lipinski definition) is 1. The number of hydrogen-bond donors (Lipinski definition) is 2. The van der Waals surface area contributed by atoms with Gasteiger partial charge in [-0.05, 0) is 18.2 Å². The monoisotopic (exact) mass is 172 g/mol. The minimum absolute atomic E-state index is 0.0394. The van der Waals surface area contributed by atoms with Crippen LogP contribution in [0.15, 0.2) is 18.2 Å². The van der Waals surface area contributed by atoms with E-state index < -0.39 is 5.82 Å². The normalized spacial score (nSPS) is 9.64. The zero-order valence-electron chi connectivity index (χ0n) is 5.57. The molecular formula is C7H6ClFN2. The number of halogens is 2. The lowest BCUT2D eigenvalue weighted by Crippen LogP contribution is -2.12. The van der Waals surface area contributed by atoms with Crippen molar-refractivity contribution in [2.45, 2.75) is 0 Å². The Morgan fingerprint density at radius 1 is 1.55 bits per heavy atom. The van der Waals surface area contributed by atoms with E-state index in [-0.39, 0.29) is 11.4 Å². The molecule has 0 saturated carbocycles. The summed E-state index contributed by atoms with van der Waals surface area (Å²) in [7, 11) is 0. The highest BCUT2D eigenvalue weighted by Gasteiger charge is 2.04. The van der Waals surface area contributed by atoms with Crippen LogP contribution in [-0.4, -0.2) is 5.84 Å². The summed E-state index contributed by atoms with van der Waals surface area (Å²) in [4.78, 5) is 0. The minimum Gasteiger partial charge on any atom is -0.384 e. The lowest BCUT2D eigenvalue weighted by molar-refractivity contribution is 0.625. The number of nitrogen functional groups attached to an aromatic ring is 1. The van der Waals surface area contributed by atoms with Gasteiger partial charge in [0.1, 0.15) is 11.7 Å². The summed E-state index contributed by atoms with van der Waals surface area (Å²) in [5.74, 6) is -0.841. The van der Waals surface area contributed by atoms with Gasteiger partial charge in [-0.2, -0.15) is 0 Å². The van der Waals surface area contributed by atoms with Crippen LogP contribution in [0, 0.1) is 11.2 Å². The molecule has 4 heteroatoms. The van der Waals surface area contributed by atoms with Gasteiger partial charge in [-0.15, -0.1) is 0 Å². The lowest BCUT2D eigenvalue weighted by atomic mass is 10.2. The van der Waals surface area contributed by atoms with E-state index in [2.05, 4.69) is 0 Å². The third kappa shape index (κ3) is 1.68. The first-order valence-electron chi connectivity index (χ1n) is 2.90. The molecule has 0 fully saturated rings. The van der Waals surface area contributed by atoms with Crippen LogP contribution in [0.3, 0.4) is 0 Å². The van der Waals surface area contributed by atoms with E-state index in [9.17, 15) is 4.39 Å². The quantitative estimate of drug-likeness (QED) is 0.492. The summed E-state index contributed by atoms with van der Waals surface area (Å²) < 4.78 is 12.7. The van der Waals surface area contributed by atoms with Crippen LogP contribution >= 0.6 is 11.6 Å². The van der Waals surface area contributed by atoms with E-state index >= 15 is 0 Å². The minimum atomic E-state index is -0.526. The topological polar surface area (TPSA) is 49.9 Å². The van der Waals surface area contributed by atoms with Crippen molar-refractivity contribution in [1.29, 1.82) is 5.41 Å². The molecule has 58 valence electrons. The Bertz CT molecular complexity index is 298. The molecule has 3 N–H and O–H groups in total. The molecule has 1 aromatic carbocycles. The number of amidine groups is 1. The molecular weight excluding hydrogens is 167 g/mol. The molecule has 0 atom stereocenters. The van der Waals surface area contributed by atoms with Gasteiger partial charge in [-0.25, -0.2) is 4.39 Å². The van der Waals surface area contributed by atoms with Crippen molar-refractivity contribution >= 4 is 17.4 Å². The van der Waals surface area contributed by atoms with Crippen molar-refractivity contribution in [2.75, 3.05) is 0 Å². The Labute approximate surface area is 68.3 Å². The first-order valence-corrected chi connectivity index (χ1v) is 3.28. The maximum Gasteiger partial charge on any atom is 0.134 e. The van der Waals surface area contributed by atoms with Crippen LogP contribution < -0.4 is 5.73 Å². The molecule has 0 aliphatic rings. The van der Waals surface area contributed by atoms with Gasteiger partial charge in [-0.3, -0.25) is 5.41 Å². The van der Waals surface area contributed by atoms with Crippen molar-refractivity contribution in [1.82, 2.24) is 0 Å². The molecule has 0 spiro atoms. The second-order valence-electron chi connectivity index (χ2n) is 2.04. The summed E-state index contributed by atoms with van der Waals surface area (Å²) in [5.41, 5.74) is 5.11. The molecule has 1 rings (SSSR count). The summed E-state index contributed by atoms with van der Waals surface area (Å²) in [6, 6.07) is 3.90. The van der Waals surface area contributed by atoms with E-state index in [4.69, 9.17) is 22.7 Å². The van der Waals surface area contributed by atoms with Crippen molar-refractivity contribution < 1.29 is 4.39 Å². The Kier molecular flexibility index (Phi) is 2.10. The largest absolute Gasteiger partial charge is 0.384 e. The van der Waals surface area contributed by atoms with Crippen LogP contribution in [0.4, 0.5) is 4.39 Å². The van der Waals surface area contributed by atoms with Crippen LogP contribution in [0.1, 0.15) is 5.56 Å². The van der Waals surface area contributed by atoms with Crippen LogP contribution in [0.2, 0.25) is 5.02 Å². The molecule has 1 aromatic rings. The van der Waals surface area contributed by atoms with Gasteiger partial charge in [0.2, 0.25) is 0 Å². The fraction of sp³-hybridized carbons (Fsp3) is 0. The molecule has 0 unspecified atom stereocenters. The first-order chi connectivity index (χ1) is 5.11. The third-order valence-corrected chi connectivity index (χ3v) is 1.45. The van der Waals surface area contributed by atoms with Crippen molar-refractivity contribution in [2.24, 2.45) is 5.73 Å². The van der Waals surface area contributed by atoms with Crippen molar-refractivity contribution in [3.05, 3.63) is 34.6 Å². The van der Waals surface area contributed by atoms with Gasteiger partial charge < -0.3 is 5.73 Å². The van der Waals surface area contributed by atoms with Crippen LogP contribution in [0.25, 0.3) is 0 Å². The van der Waals surface area contributed by atoms with Crippen molar-refractivity contribution in [3.63, 3.8) is 0 Å². The Morgan fingerprint density at radius 3 is 2.64 bits per heavy atom. The third-order valence-electron chi connectivity index (χ3n) is 1.22. The highest BCUT2D eigenvalue weighted by atomic mass is 35.5. The summed E-state index contributed by atoms with van der Waals surface area (Å²) in [6.45, 7) is 0. The average molecular weight is 173 g/mol. The molecule has 0 aliphatic carbocycles. The maximum absolute atomic E-state index is 12.7. The SMILES string of the molecule is N=C(N)c1cc(Cl)ccc1F. The predicted molar refractivity (Wildman–Crippen MR) is 42.4 cm³/mol. The molecule has 0 aromatic heterocycles. The van der Waals surface area contributed by atoms with Crippen LogP contribution in [-0.2, 0) is 0 Å². The van der Waals surface area contributed by atoms with Gasteiger partial charge in [0, 0.05) is 5.02 Å². The zero-order chi connectivity index (χ0) is 8.43. The highest BCUT2D eigenvalue weighted by Crippen LogP contribution is 2.13. The summed E-state index contributed by atoms with van der Waals surface area (Å²) in [5, 5.41) is 7.32. The van der Waals surface area contributed by atoms with Gasteiger partial charge in [0.25, 0.3) is 0 Å². The van der Waals surface area contributed by atoms with Gasteiger partial charge >= 0.3 is 0 Å². The molecule has 11 heavy (non-hydrogen) atoms. The Hall–Kier alpha value is -1.09. The molecule has 2 nitrogen and oxygen atoms in total. The van der Waals surface area contributed by atoms with Crippen LogP contribution in [0.5, 0.6) is 0 Å². The fourth-order valence-electron chi connectivity index (χ4n) is 0.704. The molecule has 0 amide bonds. The summed E-state index contributed by atoms with van der Waals surface area (Å²) in [6.07, 6.45) is 0. The van der Waals surface area contributed by atoms with Crippen molar-refractivity contribution in [3.8, 4) is 0 Å². The highest BCUT2D eigenvalue weighted by molar-refractivity contribution is 6.31. The fourth-order valence-corrected chi connectivity index (χ4v) is 0.876. The molecule has 0 bridgehead atoms. The molecule has 0 saturated heterocycles. The Morgan fingerprint density at radius 2 is 2.18 bits per heavy atom. The lowest BCUT2D eigenvalue weighted by Gasteiger charge is -1.99. The zero-order valence-corrected chi connectivity index (χ0v) is 6.32. The van der Waals surface area contributed by atoms with E-state index in [1.807, 2.05) is 0 Å². The Balaban J connectivity index is 3.23. The maximum atomic E-state index is 12.7. The first kappa shape index (κ1) is 8.01. The number of nitrogens with one attached hydrogen (secondary N) is 1. The second-order valence-corrected chi connectivity index (χ2v) is 2.47. The average Bonchev–Trinajstić information content (AvgIpc) is 1.94. The number of rotatable bonds is 1. The van der Waals surface area contributed by atoms with Gasteiger partial charge in [0.15, 0.2) is 0 Å². The number of benzene rings is 1. The number of nitrogens with two attached hydrogens (primary N) is 1. The van der Waals surface area contributed by atoms with Gasteiger partial charge in [0.05, 0.1) is 5.56 Å². The standard InChI is InChI=1S/C7H6ClFN2/c8-4-1-2-6(9)5(3-4)7(10)11/h1-3H,(H3,10,11). The van der Waals surface area contributed by atoms with E-state index in [0.717, 1.165) is 0 Å². The van der Waals surface area contributed by atoms with Gasteiger partial charge in [-0.1, -0.05) is 11.6 Å². The predicted octanol–water partition coefficient (Wildman–Crippen LogP) is 1.76. The van der Waals surface area contributed by atoms with E-state index in [0.29, 0.717) is 5.02 Å². The second kappa shape index (κ2) is 2.88. The van der Waals surface area contributed by atoms with E-state index in [1.54, 1.807) is 0 Å². The summed E-state index contributed by atoms with van der Waals surface area (Å²) >= 11 is 5.54. The molecule has 0 aliphatic heterocycles. The smallest absolute Gasteiger partial charge is 0.134 e.